The van der Waals surface area contributed by atoms with Crippen LogP contribution in [0.3, 0.4) is 0 Å². The number of hydrogen-bond donors (Lipinski definition) is 1. The third kappa shape index (κ3) is 3.45. The third-order valence-electron chi connectivity index (χ3n) is 4.12. The summed E-state index contributed by atoms with van der Waals surface area (Å²) in [4.78, 5) is 8.81. The van der Waals surface area contributed by atoms with Crippen LogP contribution in [0.1, 0.15) is 19.3 Å². The van der Waals surface area contributed by atoms with E-state index in [0.717, 1.165) is 45.5 Å². The van der Waals surface area contributed by atoms with E-state index in [1.54, 1.807) is 4.31 Å². The summed E-state index contributed by atoms with van der Waals surface area (Å²) in [5.41, 5.74) is 0. The summed E-state index contributed by atoms with van der Waals surface area (Å²) in [5.74, 6) is 0. The van der Waals surface area contributed by atoms with Crippen molar-refractivity contribution < 1.29 is 13.2 Å². The van der Waals surface area contributed by atoms with E-state index in [-0.39, 0.29) is 5.03 Å². The summed E-state index contributed by atoms with van der Waals surface area (Å²) < 4.78 is 32.1. The van der Waals surface area contributed by atoms with Crippen molar-refractivity contribution in [3.8, 4) is 0 Å². The number of sulfonamides is 1. The smallest absolute Gasteiger partial charge is 0.260 e. The molecule has 1 unspecified atom stereocenters. The van der Waals surface area contributed by atoms with Gasteiger partial charge in [0.15, 0.2) is 5.03 Å². The maximum Gasteiger partial charge on any atom is 0.260 e. The maximum absolute atomic E-state index is 12.5. The lowest BCUT2D eigenvalue weighted by atomic mass is 10.2. The highest BCUT2D eigenvalue weighted by atomic mass is 32.2. The Bertz CT molecular complexity index is 540. The zero-order chi connectivity index (χ0) is 14.7. The predicted molar refractivity (Wildman–Crippen MR) is 77.4 cm³/mol. The van der Waals surface area contributed by atoms with Crippen LogP contribution < -0.4 is 0 Å². The number of aromatic nitrogens is 2. The highest BCUT2D eigenvalue weighted by Crippen LogP contribution is 2.17. The Morgan fingerprint density at radius 3 is 2.90 bits per heavy atom. The molecule has 1 N–H and O–H groups in total. The molecule has 0 bridgehead atoms. The van der Waals surface area contributed by atoms with E-state index in [4.69, 9.17) is 4.74 Å². The summed E-state index contributed by atoms with van der Waals surface area (Å²) in [5, 5.41) is 0.176. The SMILES string of the molecule is O=S(=O)(c1cnc[nH]1)N1CCCN(CC2CCCO2)CC1. The van der Waals surface area contributed by atoms with Crippen molar-refractivity contribution in [2.75, 3.05) is 39.3 Å². The second kappa shape index (κ2) is 6.43. The van der Waals surface area contributed by atoms with Crippen LogP contribution in [0.2, 0.25) is 0 Å². The first-order chi connectivity index (χ1) is 10.2. The molecule has 1 atom stereocenters. The van der Waals surface area contributed by atoms with Crippen molar-refractivity contribution in [1.29, 1.82) is 0 Å². The minimum atomic E-state index is -3.44. The summed E-state index contributed by atoms with van der Waals surface area (Å²) in [6.07, 6.45) is 6.19. The molecule has 0 radical (unpaired) electrons. The number of hydrogen-bond acceptors (Lipinski definition) is 5. The van der Waals surface area contributed by atoms with Crippen LogP contribution in [0.25, 0.3) is 0 Å². The molecule has 21 heavy (non-hydrogen) atoms. The fourth-order valence-electron chi connectivity index (χ4n) is 2.97. The van der Waals surface area contributed by atoms with Gasteiger partial charge in [-0.2, -0.15) is 4.31 Å². The van der Waals surface area contributed by atoms with Crippen molar-refractivity contribution in [3.63, 3.8) is 0 Å². The third-order valence-corrected chi connectivity index (χ3v) is 5.95. The van der Waals surface area contributed by atoms with Crippen molar-refractivity contribution in [2.24, 2.45) is 0 Å². The van der Waals surface area contributed by atoms with Crippen LogP contribution in [0.5, 0.6) is 0 Å². The fraction of sp³-hybridized carbons (Fsp3) is 0.769. The fourth-order valence-corrected chi connectivity index (χ4v) is 4.34. The summed E-state index contributed by atoms with van der Waals surface area (Å²) in [7, 11) is -3.44. The largest absolute Gasteiger partial charge is 0.377 e. The van der Waals surface area contributed by atoms with Gasteiger partial charge >= 0.3 is 0 Å². The molecule has 2 fully saturated rings. The number of aromatic amines is 1. The molecule has 3 heterocycles. The second-order valence-electron chi connectivity index (χ2n) is 5.61. The number of nitrogens with one attached hydrogen (secondary N) is 1. The highest BCUT2D eigenvalue weighted by Gasteiger charge is 2.29. The van der Waals surface area contributed by atoms with Crippen molar-refractivity contribution >= 4 is 10.0 Å². The first-order valence-corrected chi connectivity index (χ1v) is 8.93. The van der Waals surface area contributed by atoms with Gasteiger partial charge in [0, 0.05) is 32.8 Å². The van der Waals surface area contributed by atoms with Crippen LogP contribution >= 0.6 is 0 Å². The van der Waals surface area contributed by atoms with E-state index in [1.165, 1.54) is 12.5 Å². The topological polar surface area (TPSA) is 78.5 Å². The molecular formula is C13H22N4O3S. The van der Waals surface area contributed by atoms with Crippen LogP contribution in [-0.4, -0.2) is 73.0 Å². The number of nitrogens with zero attached hydrogens (tertiary/aromatic N) is 3. The molecule has 2 aliphatic rings. The molecule has 2 saturated heterocycles. The van der Waals surface area contributed by atoms with Crippen molar-refractivity contribution in [2.45, 2.75) is 30.4 Å². The molecule has 1 aromatic heterocycles. The number of H-pyrrole nitrogens is 1. The first kappa shape index (κ1) is 15.0. The van der Waals surface area contributed by atoms with Crippen molar-refractivity contribution in [1.82, 2.24) is 19.2 Å². The van der Waals surface area contributed by atoms with Gasteiger partial charge in [-0.3, -0.25) is 4.90 Å². The number of rotatable bonds is 4. The lowest BCUT2D eigenvalue weighted by Gasteiger charge is -2.23. The van der Waals surface area contributed by atoms with Crippen LogP contribution in [0.4, 0.5) is 0 Å². The Hall–Kier alpha value is -0.960. The number of ether oxygens (including phenoxy) is 1. The van der Waals surface area contributed by atoms with E-state index in [9.17, 15) is 8.42 Å². The van der Waals surface area contributed by atoms with Gasteiger partial charge in [0.2, 0.25) is 0 Å². The molecule has 0 aliphatic carbocycles. The normalized spacial score (nSPS) is 26.0. The number of imidazole rings is 1. The van der Waals surface area contributed by atoms with Crippen LogP contribution in [0.15, 0.2) is 17.6 Å². The first-order valence-electron chi connectivity index (χ1n) is 7.49. The Balaban J connectivity index is 1.60. The van der Waals surface area contributed by atoms with Crippen molar-refractivity contribution in [3.05, 3.63) is 12.5 Å². The van der Waals surface area contributed by atoms with Crippen LogP contribution in [0, 0.1) is 0 Å². The zero-order valence-electron chi connectivity index (χ0n) is 12.1. The quantitative estimate of drug-likeness (QED) is 0.864. The minimum Gasteiger partial charge on any atom is -0.377 e. The Morgan fingerprint density at radius 2 is 2.19 bits per heavy atom. The molecule has 118 valence electrons. The van der Waals surface area contributed by atoms with Gasteiger partial charge < -0.3 is 9.72 Å². The lowest BCUT2D eigenvalue weighted by Crippen LogP contribution is -2.37. The lowest BCUT2D eigenvalue weighted by molar-refractivity contribution is 0.0749. The average Bonchev–Trinajstić information content (AvgIpc) is 3.10. The molecule has 2 aliphatic heterocycles. The Kier molecular flexibility index (Phi) is 4.58. The van der Waals surface area contributed by atoms with Gasteiger partial charge in [-0.25, -0.2) is 13.4 Å². The molecular weight excluding hydrogens is 292 g/mol. The van der Waals surface area contributed by atoms with E-state index >= 15 is 0 Å². The molecule has 0 spiro atoms. The van der Waals surface area contributed by atoms with Crippen LogP contribution in [-0.2, 0) is 14.8 Å². The minimum absolute atomic E-state index is 0.176. The van der Waals surface area contributed by atoms with E-state index in [1.807, 2.05) is 0 Å². The van der Waals surface area contributed by atoms with E-state index in [0.29, 0.717) is 19.2 Å². The standard InChI is InChI=1S/C13H22N4O3S/c18-21(19,13-9-14-11-15-13)17-5-2-4-16(6-7-17)10-12-3-1-8-20-12/h9,11-12H,1-8,10H2,(H,14,15). The molecule has 1 aromatic rings. The van der Waals surface area contributed by atoms with Gasteiger partial charge in [-0.05, 0) is 25.8 Å². The summed E-state index contributed by atoms with van der Waals surface area (Å²) in [6, 6.07) is 0. The maximum atomic E-state index is 12.5. The molecule has 0 saturated carbocycles. The van der Waals surface area contributed by atoms with Gasteiger partial charge in [0.05, 0.1) is 18.6 Å². The van der Waals surface area contributed by atoms with Gasteiger partial charge in [-0.1, -0.05) is 0 Å². The molecule has 8 heteroatoms. The average molecular weight is 314 g/mol. The molecule has 0 amide bonds. The zero-order valence-corrected chi connectivity index (χ0v) is 12.9. The Labute approximate surface area is 125 Å². The van der Waals surface area contributed by atoms with E-state index < -0.39 is 10.0 Å². The molecule has 3 rings (SSSR count). The highest BCUT2D eigenvalue weighted by molar-refractivity contribution is 7.89. The van der Waals surface area contributed by atoms with Gasteiger partial charge in [-0.15, -0.1) is 0 Å². The molecule has 0 aromatic carbocycles. The predicted octanol–water partition coefficient (Wildman–Crippen LogP) is 0.285. The van der Waals surface area contributed by atoms with Gasteiger partial charge in [0.25, 0.3) is 10.0 Å². The summed E-state index contributed by atoms with van der Waals surface area (Å²) >= 11 is 0. The monoisotopic (exact) mass is 314 g/mol. The Morgan fingerprint density at radius 1 is 1.29 bits per heavy atom. The van der Waals surface area contributed by atoms with E-state index in [2.05, 4.69) is 14.9 Å². The summed E-state index contributed by atoms with van der Waals surface area (Å²) in [6.45, 7) is 4.54. The second-order valence-corrected chi connectivity index (χ2v) is 7.52. The molecule has 7 nitrogen and oxygen atoms in total. The van der Waals surface area contributed by atoms with Gasteiger partial charge in [0.1, 0.15) is 0 Å².